The van der Waals surface area contributed by atoms with E-state index in [2.05, 4.69) is 10.1 Å². The summed E-state index contributed by atoms with van der Waals surface area (Å²) in [5.41, 5.74) is 0.928. The predicted octanol–water partition coefficient (Wildman–Crippen LogP) is 2.19. The van der Waals surface area contributed by atoms with Gasteiger partial charge in [0, 0.05) is 24.8 Å². The van der Waals surface area contributed by atoms with Crippen LogP contribution < -0.4 is 10.1 Å². The number of hydrogen-bond acceptors (Lipinski definition) is 3. The van der Waals surface area contributed by atoms with Gasteiger partial charge in [0.25, 0.3) is 0 Å². The number of β-amino-alcohol motifs (C(OH)–C–C–N with tert-alkyl or cyclic N) is 1. The van der Waals surface area contributed by atoms with Gasteiger partial charge >= 0.3 is 12.6 Å². The zero-order chi connectivity index (χ0) is 14.7. The highest BCUT2D eigenvalue weighted by molar-refractivity contribution is 5.89. The fraction of sp³-hybridized carbons (Fsp3) is 0.462. The van der Waals surface area contributed by atoms with Gasteiger partial charge in [-0.2, -0.15) is 8.78 Å². The molecule has 2 amide bonds. The Hall–Kier alpha value is -1.89. The second kappa shape index (κ2) is 6.04. The number of halogens is 2. The molecule has 7 heteroatoms. The van der Waals surface area contributed by atoms with Crippen molar-refractivity contribution in [2.24, 2.45) is 0 Å². The lowest BCUT2D eigenvalue weighted by Crippen LogP contribution is -2.33. The first-order valence-corrected chi connectivity index (χ1v) is 6.25. The van der Waals surface area contributed by atoms with E-state index in [0.717, 1.165) is 0 Å². The molecule has 1 saturated heterocycles. The molecule has 0 aliphatic carbocycles. The Morgan fingerprint density at radius 2 is 2.30 bits per heavy atom. The standard InChI is InChI=1S/C13H16F2N2O3/c1-8-2-3-9(6-11(8)20-12(14)15)16-13(19)17-5-4-10(18)7-17/h2-3,6,10,12,18H,4-5,7H2,1H3,(H,16,19)/t10-/m1/s1. The molecule has 110 valence electrons. The third-order valence-electron chi connectivity index (χ3n) is 3.11. The van der Waals surface area contributed by atoms with Crippen LogP contribution >= 0.6 is 0 Å². The number of ether oxygens (including phenoxy) is 1. The van der Waals surface area contributed by atoms with Gasteiger partial charge in [-0.1, -0.05) is 6.07 Å². The fourth-order valence-corrected chi connectivity index (χ4v) is 2.03. The van der Waals surface area contributed by atoms with Gasteiger partial charge in [-0.25, -0.2) is 4.79 Å². The van der Waals surface area contributed by atoms with E-state index in [0.29, 0.717) is 24.2 Å². The van der Waals surface area contributed by atoms with Gasteiger partial charge in [-0.3, -0.25) is 0 Å². The lowest BCUT2D eigenvalue weighted by atomic mass is 10.2. The average molecular weight is 286 g/mol. The molecule has 1 aliphatic rings. The first kappa shape index (κ1) is 14.5. The average Bonchev–Trinajstić information content (AvgIpc) is 2.79. The van der Waals surface area contributed by atoms with E-state index in [-0.39, 0.29) is 18.3 Å². The summed E-state index contributed by atoms with van der Waals surface area (Å²) >= 11 is 0. The van der Waals surface area contributed by atoms with Gasteiger partial charge in [0.2, 0.25) is 0 Å². The van der Waals surface area contributed by atoms with E-state index in [9.17, 15) is 18.7 Å². The monoisotopic (exact) mass is 286 g/mol. The first-order chi connectivity index (χ1) is 9.45. The molecule has 1 aromatic carbocycles. The second-order valence-corrected chi connectivity index (χ2v) is 4.68. The lowest BCUT2D eigenvalue weighted by Gasteiger charge is -2.17. The van der Waals surface area contributed by atoms with Gasteiger partial charge < -0.3 is 20.1 Å². The smallest absolute Gasteiger partial charge is 0.387 e. The number of aliphatic hydroxyl groups excluding tert-OH is 1. The Morgan fingerprint density at radius 3 is 2.90 bits per heavy atom. The molecule has 0 aromatic heterocycles. The van der Waals surface area contributed by atoms with Crippen molar-refractivity contribution in [2.75, 3.05) is 18.4 Å². The normalized spacial score (nSPS) is 18.4. The van der Waals surface area contributed by atoms with Crippen molar-refractivity contribution >= 4 is 11.7 Å². The number of nitrogens with one attached hydrogen (secondary N) is 1. The van der Waals surface area contributed by atoms with Crippen molar-refractivity contribution in [3.63, 3.8) is 0 Å². The molecule has 2 N–H and O–H groups in total. The number of hydrogen-bond donors (Lipinski definition) is 2. The minimum Gasteiger partial charge on any atom is -0.434 e. The van der Waals surface area contributed by atoms with Gasteiger partial charge in [0.1, 0.15) is 5.75 Å². The number of aryl methyl sites for hydroxylation is 1. The number of anilines is 1. The maximum atomic E-state index is 12.2. The maximum absolute atomic E-state index is 12.2. The summed E-state index contributed by atoms with van der Waals surface area (Å²) in [5.74, 6) is 0.0271. The van der Waals surface area contributed by atoms with Crippen LogP contribution in [0.4, 0.5) is 19.3 Å². The molecule has 1 atom stereocenters. The second-order valence-electron chi connectivity index (χ2n) is 4.68. The summed E-state index contributed by atoms with van der Waals surface area (Å²) in [7, 11) is 0. The molecular formula is C13H16F2N2O3. The first-order valence-electron chi connectivity index (χ1n) is 6.25. The molecule has 1 aromatic rings. The van der Waals surface area contributed by atoms with Gasteiger partial charge in [0.15, 0.2) is 0 Å². The van der Waals surface area contributed by atoms with Crippen LogP contribution in [0.3, 0.4) is 0 Å². The molecule has 5 nitrogen and oxygen atoms in total. The number of likely N-dealkylation sites (tertiary alicyclic amines) is 1. The van der Waals surface area contributed by atoms with Crippen molar-refractivity contribution in [1.29, 1.82) is 0 Å². The van der Waals surface area contributed by atoms with Crippen LogP contribution in [0.5, 0.6) is 5.75 Å². The Balaban J connectivity index is 2.04. The Morgan fingerprint density at radius 1 is 1.55 bits per heavy atom. The van der Waals surface area contributed by atoms with E-state index >= 15 is 0 Å². The number of amides is 2. The van der Waals surface area contributed by atoms with Crippen LogP contribution in [0, 0.1) is 6.92 Å². The zero-order valence-electron chi connectivity index (χ0n) is 11.0. The predicted molar refractivity (Wildman–Crippen MR) is 69.0 cm³/mol. The number of alkyl halides is 2. The van der Waals surface area contributed by atoms with E-state index in [1.807, 2.05) is 0 Å². The fourth-order valence-electron chi connectivity index (χ4n) is 2.03. The molecule has 1 aliphatic heterocycles. The lowest BCUT2D eigenvalue weighted by molar-refractivity contribution is -0.0502. The van der Waals surface area contributed by atoms with Gasteiger partial charge in [0.05, 0.1) is 6.10 Å². The number of carbonyl (C=O) groups excluding carboxylic acids is 1. The number of rotatable bonds is 3. The summed E-state index contributed by atoms with van der Waals surface area (Å²) in [5, 5.41) is 12.0. The molecule has 0 radical (unpaired) electrons. The number of carbonyl (C=O) groups is 1. The third kappa shape index (κ3) is 3.57. The molecule has 0 spiro atoms. The zero-order valence-corrected chi connectivity index (χ0v) is 11.0. The van der Waals surface area contributed by atoms with Crippen molar-refractivity contribution in [3.8, 4) is 5.75 Å². The topological polar surface area (TPSA) is 61.8 Å². The number of nitrogens with zero attached hydrogens (tertiary/aromatic N) is 1. The summed E-state index contributed by atoms with van der Waals surface area (Å²) in [6.45, 7) is -0.523. The summed E-state index contributed by atoms with van der Waals surface area (Å²) in [6, 6.07) is 4.18. The van der Waals surface area contributed by atoms with Crippen LogP contribution in [0.1, 0.15) is 12.0 Å². The Labute approximate surface area is 115 Å². The minimum absolute atomic E-state index is 0.0271. The molecule has 0 saturated carbocycles. The third-order valence-corrected chi connectivity index (χ3v) is 3.11. The molecule has 2 rings (SSSR count). The Bertz CT molecular complexity index is 497. The number of aliphatic hydroxyl groups is 1. The van der Waals surface area contributed by atoms with Gasteiger partial charge in [-0.15, -0.1) is 0 Å². The summed E-state index contributed by atoms with van der Waals surface area (Å²) < 4.78 is 28.8. The van der Waals surface area contributed by atoms with E-state index in [4.69, 9.17) is 0 Å². The van der Waals surface area contributed by atoms with Crippen LogP contribution in [0.15, 0.2) is 18.2 Å². The van der Waals surface area contributed by atoms with E-state index < -0.39 is 12.7 Å². The quantitative estimate of drug-likeness (QED) is 0.895. The van der Waals surface area contributed by atoms with E-state index in [1.54, 1.807) is 19.1 Å². The molecular weight excluding hydrogens is 270 g/mol. The van der Waals surface area contributed by atoms with Crippen LogP contribution in [-0.2, 0) is 0 Å². The number of benzene rings is 1. The summed E-state index contributed by atoms with van der Waals surface area (Å²) in [6.07, 6.45) is 0.0395. The minimum atomic E-state index is -2.91. The largest absolute Gasteiger partial charge is 0.434 e. The van der Waals surface area contributed by atoms with Gasteiger partial charge in [-0.05, 0) is 25.0 Å². The molecule has 0 bridgehead atoms. The van der Waals surface area contributed by atoms with Crippen LogP contribution in [0.25, 0.3) is 0 Å². The number of urea groups is 1. The Kier molecular flexibility index (Phi) is 4.39. The molecule has 20 heavy (non-hydrogen) atoms. The van der Waals surface area contributed by atoms with Crippen molar-refractivity contribution in [1.82, 2.24) is 4.90 Å². The molecule has 1 fully saturated rings. The SMILES string of the molecule is Cc1ccc(NC(=O)N2CC[C@@H](O)C2)cc1OC(F)F. The highest BCUT2D eigenvalue weighted by atomic mass is 19.3. The maximum Gasteiger partial charge on any atom is 0.387 e. The highest BCUT2D eigenvalue weighted by Gasteiger charge is 2.24. The van der Waals surface area contributed by atoms with Crippen LogP contribution in [-0.4, -0.2) is 41.8 Å². The molecule has 0 unspecified atom stereocenters. The van der Waals surface area contributed by atoms with Crippen molar-refractivity contribution in [3.05, 3.63) is 23.8 Å². The summed E-state index contributed by atoms with van der Waals surface area (Å²) in [4.78, 5) is 13.4. The van der Waals surface area contributed by atoms with Crippen LogP contribution in [0.2, 0.25) is 0 Å². The van der Waals surface area contributed by atoms with Crippen molar-refractivity contribution in [2.45, 2.75) is 26.1 Å². The van der Waals surface area contributed by atoms with E-state index in [1.165, 1.54) is 11.0 Å². The highest BCUT2D eigenvalue weighted by Crippen LogP contribution is 2.24. The molecule has 1 heterocycles. The van der Waals surface area contributed by atoms with Crippen molar-refractivity contribution < 1.29 is 23.4 Å².